The van der Waals surface area contributed by atoms with E-state index in [1.807, 2.05) is 0 Å². The Bertz CT molecular complexity index is 524. The van der Waals surface area contributed by atoms with Crippen molar-refractivity contribution in [2.24, 2.45) is 0 Å². The second-order valence-electron chi connectivity index (χ2n) is 4.22. The number of hydrogen-bond donors (Lipinski definition) is 1. The molecule has 0 aliphatic carbocycles. The second-order valence-corrected chi connectivity index (χ2v) is 5.47. The van der Waals surface area contributed by atoms with Gasteiger partial charge in [-0.2, -0.15) is 0 Å². The summed E-state index contributed by atoms with van der Waals surface area (Å²) < 4.78 is 8.71. The largest absolute Gasteiger partial charge is 0.381 e. The standard InChI is InChI=1S/C13H18IN3O/c1-2-7-18-8-3-6-17-12-5-4-10(14)9-11(12)16-13(17)15/h4-5,9H,2-3,6-8H2,1H3,(H2,15,16). The molecule has 1 aromatic carbocycles. The zero-order chi connectivity index (χ0) is 13.0. The van der Waals surface area contributed by atoms with Crippen molar-refractivity contribution in [2.75, 3.05) is 18.9 Å². The van der Waals surface area contributed by atoms with E-state index in [1.165, 1.54) is 3.57 Å². The molecule has 5 heteroatoms. The minimum Gasteiger partial charge on any atom is -0.381 e. The molecule has 0 bridgehead atoms. The molecule has 0 amide bonds. The molecular formula is C13H18IN3O. The number of halogens is 1. The highest BCUT2D eigenvalue weighted by atomic mass is 127. The Hall–Kier alpha value is -0.820. The van der Waals surface area contributed by atoms with E-state index in [1.54, 1.807) is 0 Å². The van der Waals surface area contributed by atoms with E-state index < -0.39 is 0 Å². The third-order valence-corrected chi connectivity index (χ3v) is 3.43. The van der Waals surface area contributed by atoms with E-state index in [0.717, 1.165) is 43.6 Å². The quantitative estimate of drug-likeness (QED) is 0.637. The smallest absolute Gasteiger partial charge is 0.201 e. The van der Waals surface area contributed by atoms with Crippen molar-refractivity contribution in [3.05, 3.63) is 21.8 Å². The summed E-state index contributed by atoms with van der Waals surface area (Å²) in [7, 11) is 0. The average molecular weight is 359 g/mol. The third-order valence-electron chi connectivity index (χ3n) is 2.76. The lowest BCUT2D eigenvalue weighted by Crippen LogP contribution is -2.06. The van der Waals surface area contributed by atoms with E-state index in [2.05, 4.69) is 57.3 Å². The zero-order valence-electron chi connectivity index (χ0n) is 10.5. The summed E-state index contributed by atoms with van der Waals surface area (Å²) in [5, 5.41) is 0. The van der Waals surface area contributed by atoms with Crippen molar-refractivity contribution in [1.82, 2.24) is 9.55 Å². The number of imidazole rings is 1. The number of aryl methyl sites for hydroxylation is 1. The van der Waals surface area contributed by atoms with Gasteiger partial charge in [0.25, 0.3) is 0 Å². The third kappa shape index (κ3) is 3.14. The number of ether oxygens (including phenoxy) is 1. The van der Waals surface area contributed by atoms with Crippen LogP contribution in [-0.2, 0) is 11.3 Å². The first-order valence-corrected chi connectivity index (χ1v) is 7.29. The van der Waals surface area contributed by atoms with Crippen LogP contribution in [0, 0.1) is 3.57 Å². The average Bonchev–Trinajstić information content (AvgIpc) is 2.64. The van der Waals surface area contributed by atoms with Crippen molar-refractivity contribution < 1.29 is 4.74 Å². The fourth-order valence-corrected chi connectivity index (χ4v) is 2.40. The normalized spacial score (nSPS) is 11.2. The number of hydrogen-bond acceptors (Lipinski definition) is 3. The second kappa shape index (κ2) is 6.38. The Morgan fingerprint density at radius 3 is 3.00 bits per heavy atom. The van der Waals surface area contributed by atoms with Gasteiger partial charge in [0.1, 0.15) is 0 Å². The van der Waals surface area contributed by atoms with Gasteiger partial charge in [0.15, 0.2) is 0 Å². The predicted octanol–water partition coefficient (Wildman–Crippen LogP) is 3.04. The SMILES string of the molecule is CCCOCCCn1c(N)nc2cc(I)ccc21. The maximum Gasteiger partial charge on any atom is 0.201 e. The molecule has 0 radical (unpaired) electrons. The van der Waals surface area contributed by atoms with Crippen LogP contribution in [0.3, 0.4) is 0 Å². The predicted molar refractivity (Wildman–Crippen MR) is 82.6 cm³/mol. The number of rotatable bonds is 6. The van der Waals surface area contributed by atoms with E-state index in [-0.39, 0.29) is 0 Å². The minimum atomic E-state index is 0.586. The van der Waals surface area contributed by atoms with Crippen LogP contribution in [0.25, 0.3) is 11.0 Å². The Morgan fingerprint density at radius 1 is 1.39 bits per heavy atom. The molecule has 1 heterocycles. The Morgan fingerprint density at radius 2 is 2.22 bits per heavy atom. The Kier molecular flexibility index (Phi) is 4.82. The van der Waals surface area contributed by atoms with Gasteiger partial charge >= 0.3 is 0 Å². The summed E-state index contributed by atoms with van der Waals surface area (Å²) in [4.78, 5) is 4.38. The van der Waals surface area contributed by atoms with Crippen LogP contribution in [0.2, 0.25) is 0 Å². The first-order chi connectivity index (χ1) is 8.72. The highest BCUT2D eigenvalue weighted by Crippen LogP contribution is 2.20. The number of benzene rings is 1. The lowest BCUT2D eigenvalue weighted by Gasteiger charge is -2.06. The summed E-state index contributed by atoms with van der Waals surface area (Å²) in [6.07, 6.45) is 2.02. The molecule has 2 aromatic rings. The molecule has 18 heavy (non-hydrogen) atoms. The van der Waals surface area contributed by atoms with E-state index in [0.29, 0.717) is 5.95 Å². The van der Waals surface area contributed by atoms with Crippen LogP contribution in [-0.4, -0.2) is 22.8 Å². The lowest BCUT2D eigenvalue weighted by molar-refractivity contribution is 0.129. The van der Waals surface area contributed by atoms with Crippen LogP contribution < -0.4 is 5.73 Å². The molecule has 0 saturated heterocycles. The minimum absolute atomic E-state index is 0.586. The molecule has 0 atom stereocenters. The number of nitrogens with two attached hydrogens (primary N) is 1. The molecule has 0 unspecified atom stereocenters. The number of anilines is 1. The summed E-state index contributed by atoms with van der Waals surface area (Å²) in [6.45, 7) is 4.57. The number of fused-ring (bicyclic) bond motifs is 1. The van der Waals surface area contributed by atoms with Gasteiger partial charge in [0.2, 0.25) is 5.95 Å². The van der Waals surface area contributed by atoms with Gasteiger partial charge in [-0.15, -0.1) is 0 Å². The molecule has 0 aliphatic heterocycles. The molecule has 1 aromatic heterocycles. The van der Waals surface area contributed by atoms with E-state index >= 15 is 0 Å². The number of nitrogens with zero attached hydrogens (tertiary/aromatic N) is 2. The molecule has 0 saturated carbocycles. The Labute approximate surface area is 121 Å². The van der Waals surface area contributed by atoms with Gasteiger partial charge in [-0.3, -0.25) is 0 Å². The van der Waals surface area contributed by atoms with Crippen molar-refractivity contribution in [1.29, 1.82) is 0 Å². The number of aromatic nitrogens is 2. The summed E-state index contributed by atoms with van der Waals surface area (Å²) in [6, 6.07) is 6.21. The first-order valence-electron chi connectivity index (χ1n) is 6.21. The molecule has 0 aliphatic rings. The van der Waals surface area contributed by atoms with Gasteiger partial charge < -0.3 is 15.0 Å². The van der Waals surface area contributed by atoms with Crippen LogP contribution in [0.5, 0.6) is 0 Å². The van der Waals surface area contributed by atoms with Gasteiger partial charge in [0, 0.05) is 23.3 Å². The van der Waals surface area contributed by atoms with Crippen LogP contribution in [0.15, 0.2) is 18.2 Å². The molecule has 0 spiro atoms. The van der Waals surface area contributed by atoms with Gasteiger partial charge in [-0.1, -0.05) is 6.92 Å². The fraction of sp³-hybridized carbons (Fsp3) is 0.462. The van der Waals surface area contributed by atoms with Crippen molar-refractivity contribution >= 4 is 39.6 Å². The van der Waals surface area contributed by atoms with Crippen LogP contribution in [0.1, 0.15) is 19.8 Å². The van der Waals surface area contributed by atoms with Gasteiger partial charge in [-0.25, -0.2) is 4.98 Å². The van der Waals surface area contributed by atoms with Crippen molar-refractivity contribution in [3.63, 3.8) is 0 Å². The van der Waals surface area contributed by atoms with Crippen molar-refractivity contribution in [3.8, 4) is 0 Å². The monoisotopic (exact) mass is 359 g/mol. The maximum atomic E-state index is 5.95. The fourth-order valence-electron chi connectivity index (χ4n) is 1.93. The molecule has 0 fully saturated rings. The molecule has 4 nitrogen and oxygen atoms in total. The Balaban J connectivity index is 2.05. The lowest BCUT2D eigenvalue weighted by atomic mass is 10.3. The molecular weight excluding hydrogens is 341 g/mol. The topological polar surface area (TPSA) is 53.1 Å². The number of nitrogen functional groups attached to an aromatic ring is 1. The van der Waals surface area contributed by atoms with Crippen LogP contribution in [0.4, 0.5) is 5.95 Å². The summed E-state index contributed by atoms with van der Waals surface area (Å²) in [5.41, 5.74) is 8.02. The summed E-state index contributed by atoms with van der Waals surface area (Å²) in [5.74, 6) is 0.586. The van der Waals surface area contributed by atoms with Gasteiger partial charge in [0.05, 0.1) is 11.0 Å². The van der Waals surface area contributed by atoms with Gasteiger partial charge in [-0.05, 0) is 53.6 Å². The van der Waals surface area contributed by atoms with E-state index in [9.17, 15) is 0 Å². The van der Waals surface area contributed by atoms with Crippen LogP contribution >= 0.6 is 22.6 Å². The molecule has 98 valence electrons. The van der Waals surface area contributed by atoms with Crippen molar-refractivity contribution in [2.45, 2.75) is 26.3 Å². The highest BCUT2D eigenvalue weighted by molar-refractivity contribution is 14.1. The summed E-state index contributed by atoms with van der Waals surface area (Å²) >= 11 is 2.28. The molecule has 2 N–H and O–H groups in total. The first kappa shape index (κ1) is 13.6. The maximum absolute atomic E-state index is 5.95. The molecule has 2 rings (SSSR count). The zero-order valence-corrected chi connectivity index (χ0v) is 12.7. The van der Waals surface area contributed by atoms with E-state index in [4.69, 9.17) is 10.5 Å². The highest BCUT2D eigenvalue weighted by Gasteiger charge is 2.07.